The van der Waals surface area contributed by atoms with Crippen molar-refractivity contribution in [1.82, 2.24) is 0 Å². The molecule has 0 saturated carbocycles. The molecule has 0 bridgehead atoms. The predicted octanol–water partition coefficient (Wildman–Crippen LogP) is 15.1. The molecule has 0 unspecified atom stereocenters. The zero-order chi connectivity index (χ0) is 34.9. The van der Waals surface area contributed by atoms with Gasteiger partial charge < -0.3 is 9.32 Å². The van der Waals surface area contributed by atoms with E-state index in [0.717, 1.165) is 55.5 Å². The number of hydrogen-bond acceptors (Lipinski definition) is 3. The Morgan fingerprint density at radius 3 is 1.68 bits per heavy atom. The van der Waals surface area contributed by atoms with E-state index in [9.17, 15) is 0 Å². The second kappa shape index (κ2) is 11.9. The Bertz CT molecular complexity index is 3160. The van der Waals surface area contributed by atoms with E-state index >= 15 is 0 Å². The lowest BCUT2D eigenvalue weighted by atomic mass is 9.98. The number of furan rings is 1. The van der Waals surface area contributed by atoms with Crippen molar-refractivity contribution in [2.45, 2.75) is 0 Å². The molecule has 11 aromatic rings. The van der Waals surface area contributed by atoms with E-state index in [-0.39, 0.29) is 0 Å². The summed E-state index contributed by atoms with van der Waals surface area (Å²) in [4.78, 5) is 2.37. The van der Waals surface area contributed by atoms with Crippen molar-refractivity contribution in [1.29, 1.82) is 0 Å². The van der Waals surface area contributed by atoms with Gasteiger partial charge in [-0.15, -0.1) is 11.3 Å². The molecule has 0 fully saturated rings. The first-order chi connectivity index (χ1) is 26.3. The molecule has 0 atom stereocenters. The van der Waals surface area contributed by atoms with E-state index in [1.165, 1.54) is 47.5 Å². The topological polar surface area (TPSA) is 16.4 Å². The second-order valence-corrected chi connectivity index (χ2v) is 14.8. The van der Waals surface area contributed by atoms with Crippen LogP contribution >= 0.6 is 11.3 Å². The molecule has 248 valence electrons. The molecule has 11 rings (SSSR count). The standard InChI is InChI=1S/C50H31NOS/c1-3-12-39-32(9-1)11-7-15-40(39)34-19-24-36(25-20-34)51(38-28-30-48-46(31-38)43-14-5-6-18-47(43)53-48)37-26-21-35(22-27-37)42-16-8-17-44-45-29-23-33-10-2-4-13-41(33)50(45)52-49(42)44/h1-31H. The van der Waals surface area contributed by atoms with Gasteiger partial charge in [-0.1, -0.05) is 133 Å². The van der Waals surface area contributed by atoms with Crippen molar-refractivity contribution in [3.05, 3.63) is 188 Å². The Balaban J connectivity index is 1.04. The van der Waals surface area contributed by atoms with Crippen LogP contribution in [0.25, 0.3) is 85.9 Å². The van der Waals surface area contributed by atoms with Crippen LogP contribution in [0.15, 0.2) is 192 Å². The third-order valence-corrected chi connectivity index (χ3v) is 11.8. The normalized spacial score (nSPS) is 11.8. The predicted molar refractivity (Wildman–Crippen MR) is 227 cm³/mol. The Morgan fingerprint density at radius 2 is 0.887 bits per heavy atom. The minimum Gasteiger partial charge on any atom is -0.455 e. The first-order valence-corrected chi connectivity index (χ1v) is 18.8. The summed E-state index contributed by atoms with van der Waals surface area (Å²) in [6.45, 7) is 0. The Kier molecular flexibility index (Phi) is 6.76. The fraction of sp³-hybridized carbons (Fsp3) is 0. The number of thiophene rings is 1. The molecule has 0 aliphatic heterocycles. The van der Waals surface area contributed by atoms with Crippen molar-refractivity contribution in [3.8, 4) is 22.3 Å². The van der Waals surface area contributed by atoms with Crippen molar-refractivity contribution in [2.24, 2.45) is 0 Å². The number of rotatable bonds is 5. The van der Waals surface area contributed by atoms with Crippen molar-refractivity contribution < 1.29 is 4.42 Å². The third-order valence-electron chi connectivity index (χ3n) is 10.7. The maximum absolute atomic E-state index is 6.70. The van der Waals surface area contributed by atoms with Crippen LogP contribution in [-0.4, -0.2) is 0 Å². The van der Waals surface area contributed by atoms with Gasteiger partial charge in [-0.3, -0.25) is 0 Å². The smallest absolute Gasteiger partial charge is 0.143 e. The van der Waals surface area contributed by atoms with Gasteiger partial charge in [0, 0.05) is 59.0 Å². The molecule has 0 radical (unpaired) electrons. The molecule has 2 nitrogen and oxygen atoms in total. The monoisotopic (exact) mass is 693 g/mol. The summed E-state index contributed by atoms with van der Waals surface area (Å²) in [5.41, 5.74) is 9.83. The van der Waals surface area contributed by atoms with Crippen LogP contribution in [0.1, 0.15) is 0 Å². The maximum Gasteiger partial charge on any atom is 0.143 e. The minimum absolute atomic E-state index is 0.919. The summed E-state index contributed by atoms with van der Waals surface area (Å²) in [5.74, 6) is 0. The zero-order valence-corrected chi connectivity index (χ0v) is 29.5. The van der Waals surface area contributed by atoms with Crippen LogP contribution in [0.5, 0.6) is 0 Å². The van der Waals surface area contributed by atoms with Gasteiger partial charge >= 0.3 is 0 Å². The quantitative estimate of drug-likeness (QED) is 0.178. The fourth-order valence-electron chi connectivity index (χ4n) is 8.11. The van der Waals surface area contributed by atoms with Gasteiger partial charge in [0.1, 0.15) is 11.2 Å². The van der Waals surface area contributed by atoms with E-state index in [1.807, 2.05) is 11.3 Å². The summed E-state index contributed by atoms with van der Waals surface area (Å²) in [6, 6.07) is 68.0. The van der Waals surface area contributed by atoms with Gasteiger partial charge in [0.05, 0.1) is 0 Å². The van der Waals surface area contributed by atoms with Crippen LogP contribution in [0, 0.1) is 0 Å². The maximum atomic E-state index is 6.70. The fourth-order valence-corrected chi connectivity index (χ4v) is 9.20. The van der Waals surface area contributed by atoms with Crippen LogP contribution in [0.3, 0.4) is 0 Å². The SMILES string of the molecule is c1ccc2c(-c3ccc(N(c4ccc(-c5cccc6c5oc5c7ccccc7ccc65)cc4)c4ccc5sc6ccccc6c5c4)cc3)cccc2c1. The Hall–Kier alpha value is -6.68. The molecule has 2 aromatic heterocycles. The molecular formula is C50H31NOS. The number of para-hydroxylation sites is 1. The summed E-state index contributed by atoms with van der Waals surface area (Å²) in [7, 11) is 0. The van der Waals surface area contributed by atoms with E-state index in [4.69, 9.17) is 4.42 Å². The van der Waals surface area contributed by atoms with Crippen LogP contribution in [-0.2, 0) is 0 Å². The average Bonchev–Trinajstić information content (AvgIpc) is 3.80. The van der Waals surface area contributed by atoms with E-state index < -0.39 is 0 Å². The number of anilines is 3. The first-order valence-electron chi connectivity index (χ1n) is 18.0. The van der Waals surface area contributed by atoms with Gasteiger partial charge in [-0.25, -0.2) is 0 Å². The van der Waals surface area contributed by atoms with Crippen LogP contribution in [0.4, 0.5) is 17.1 Å². The first kappa shape index (κ1) is 30.0. The van der Waals surface area contributed by atoms with E-state index in [2.05, 4.69) is 193 Å². The van der Waals surface area contributed by atoms with Crippen molar-refractivity contribution in [2.75, 3.05) is 4.90 Å². The lowest BCUT2D eigenvalue weighted by Gasteiger charge is -2.26. The van der Waals surface area contributed by atoms with Crippen LogP contribution in [0.2, 0.25) is 0 Å². The molecule has 0 aliphatic carbocycles. The molecule has 3 heteroatoms. The summed E-state index contributed by atoms with van der Waals surface area (Å²) in [6.07, 6.45) is 0. The lowest BCUT2D eigenvalue weighted by molar-refractivity contribution is 0.674. The Morgan fingerprint density at radius 1 is 0.340 bits per heavy atom. The highest BCUT2D eigenvalue weighted by molar-refractivity contribution is 7.25. The highest BCUT2D eigenvalue weighted by atomic mass is 32.1. The Labute approximate surface area is 310 Å². The third kappa shape index (κ3) is 4.86. The van der Waals surface area contributed by atoms with Gasteiger partial charge in [-0.05, 0) is 87.4 Å². The van der Waals surface area contributed by atoms with E-state index in [1.54, 1.807) is 0 Å². The summed E-state index contributed by atoms with van der Waals surface area (Å²) >= 11 is 1.85. The number of hydrogen-bond donors (Lipinski definition) is 0. The second-order valence-electron chi connectivity index (χ2n) is 13.7. The number of benzene rings is 9. The molecule has 9 aromatic carbocycles. The minimum atomic E-state index is 0.919. The molecule has 0 spiro atoms. The summed E-state index contributed by atoms with van der Waals surface area (Å²) in [5, 5.41) is 9.69. The largest absolute Gasteiger partial charge is 0.455 e. The van der Waals surface area contributed by atoms with Gasteiger partial charge in [0.25, 0.3) is 0 Å². The molecule has 0 N–H and O–H groups in total. The van der Waals surface area contributed by atoms with Crippen LogP contribution < -0.4 is 4.90 Å². The van der Waals surface area contributed by atoms with Crippen molar-refractivity contribution >= 4 is 92.1 Å². The zero-order valence-electron chi connectivity index (χ0n) is 28.7. The highest BCUT2D eigenvalue weighted by Gasteiger charge is 2.18. The molecular weight excluding hydrogens is 663 g/mol. The summed E-state index contributed by atoms with van der Waals surface area (Å²) < 4.78 is 9.30. The molecule has 0 amide bonds. The highest BCUT2D eigenvalue weighted by Crippen LogP contribution is 2.43. The molecule has 0 aliphatic rings. The van der Waals surface area contributed by atoms with Gasteiger partial charge in [0.2, 0.25) is 0 Å². The number of fused-ring (bicyclic) bond motifs is 9. The van der Waals surface area contributed by atoms with Gasteiger partial charge in [-0.2, -0.15) is 0 Å². The van der Waals surface area contributed by atoms with Crippen molar-refractivity contribution in [3.63, 3.8) is 0 Å². The molecule has 2 heterocycles. The average molecular weight is 694 g/mol. The van der Waals surface area contributed by atoms with E-state index in [0.29, 0.717) is 0 Å². The molecule has 53 heavy (non-hydrogen) atoms. The number of nitrogens with zero attached hydrogens (tertiary/aromatic N) is 1. The lowest BCUT2D eigenvalue weighted by Crippen LogP contribution is -2.09. The van der Waals surface area contributed by atoms with Gasteiger partial charge in [0.15, 0.2) is 0 Å². The molecule has 0 saturated heterocycles.